The lowest BCUT2D eigenvalue weighted by Gasteiger charge is -2.10. The molecule has 0 radical (unpaired) electrons. The SMILES string of the molecule is CN=C(NCCC(=O)Nc1cccc(C)n1)NCc1cc(C(C)C)no1.I. The average molecular weight is 486 g/mol. The molecule has 2 aromatic heterocycles. The molecule has 3 N–H and O–H groups in total. The highest BCUT2D eigenvalue weighted by Gasteiger charge is 2.09. The van der Waals surface area contributed by atoms with Crippen LogP contribution in [-0.4, -0.2) is 35.6 Å². The van der Waals surface area contributed by atoms with Crippen molar-refractivity contribution in [1.29, 1.82) is 0 Å². The van der Waals surface area contributed by atoms with Crippen LogP contribution >= 0.6 is 24.0 Å². The van der Waals surface area contributed by atoms with Crippen molar-refractivity contribution in [3.63, 3.8) is 0 Å². The Balaban J connectivity index is 0.00000364. The number of hydrogen-bond acceptors (Lipinski definition) is 5. The minimum atomic E-state index is -0.108. The molecular weight excluding hydrogens is 459 g/mol. The van der Waals surface area contributed by atoms with Gasteiger partial charge in [0.25, 0.3) is 0 Å². The number of aromatic nitrogens is 2. The number of pyridine rings is 1. The molecule has 0 aromatic carbocycles. The Morgan fingerprint density at radius 3 is 2.70 bits per heavy atom. The number of aliphatic imine (C=N–C) groups is 1. The van der Waals surface area contributed by atoms with Crippen molar-refractivity contribution in [3.05, 3.63) is 41.4 Å². The topological polar surface area (TPSA) is 104 Å². The number of amides is 1. The van der Waals surface area contributed by atoms with E-state index in [0.717, 1.165) is 17.1 Å². The van der Waals surface area contributed by atoms with Gasteiger partial charge in [-0.25, -0.2) is 4.98 Å². The van der Waals surface area contributed by atoms with Crippen LogP contribution in [0.2, 0.25) is 0 Å². The van der Waals surface area contributed by atoms with Crippen molar-refractivity contribution >= 4 is 41.7 Å². The van der Waals surface area contributed by atoms with Gasteiger partial charge in [-0.15, -0.1) is 24.0 Å². The molecule has 148 valence electrons. The van der Waals surface area contributed by atoms with Gasteiger partial charge in [0, 0.05) is 31.8 Å². The highest BCUT2D eigenvalue weighted by atomic mass is 127. The van der Waals surface area contributed by atoms with E-state index in [1.807, 2.05) is 25.1 Å². The first-order valence-corrected chi connectivity index (χ1v) is 8.61. The molecule has 1 amide bonds. The summed E-state index contributed by atoms with van der Waals surface area (Å²) < 4.78 is 5.27. The van der Waals surface area contributed by atoms with Crippen molar-refractivity contribution in [2.24, 2.45) is 4.99 Å². The molecule has 9 heteroatoms. The first kappa shape index (κ1) is 22.9. The third kappa shape index (κ3) is 7.94. The summed E-state index contributed by atoms with van der Waals surface area (Å²) in [6, 6.07) is 7.43. The van der Waals surface area contributed by atoms with Gasteiger partial charge in [-0.2, -0.15) is 0 Å². The number of anilines is 1. The van der Waals surface area contributed by atoms with Crippen LogP contribution in [0.1, 0.15) is 43.3 Å². The summed E-state index contributed by atoms with van der Waals surface area (Å²) >= 11 is 0. The summed E-state index contributed by atoms with van der Waals surface area (Å²) in [4.78, 5) is 20.3. The van der Waals surface area contributed by atoms with E-state index in [0.29, 0.717) is 37.2 Å². The summed E-state index contributed by atoms with van der Waals surface area (Å²) in [7, 11) is 1.67. The predicted octanol–water partition coefficient (Wildman–Crippen LogP) is 2.81. The van der Waals surface area contributed by atoms with E-state index in [9.17, 15) is 4.79 Å². The van der Waals surface area contributed by atoms with Crippen LogP contribution in [0.25, 0.3) is 0 Å². The van der Waals surface area contributed by atoms with Crippen molar-refractivity contribution in [3.8, 4) is 0 Å². The van der Waals surface area contributed by atoms with Crippen molar-refractivity contribution in [1.82, 2.24) is 20.8 Å². The lowest BCUT2D eigenvalue weighted by Crippen LogP contribution is -2.38. The Morgan fingerprint density at radius 1 is 1.30 bits per heavy atom. The highest BCUT2D eigenvalue weighted by molar-refractivity contribution is 14.0. The average Bonchev–Trinajstić information content (AvgIpc) is 3.07. The monoisotopic (exact) mass is 486 g/mol. The van der Waals surface area contributed by atoms with E-state index in [2.05, 4.69) is 44.9 Å². The number of nitrogens with one attached hydrogen (secondary N) is 3. The lowest BCUT2D eigenvalue weighted by atomic mass is 10.1. The van der Waals surface area contributed by atoms with Gasteiger partial charge in [-0.1, -0.05) is 25.1 Å². The fourth-order valence-electron chi connectivity index (χ4n) is 2.19. The van der Waals surface area contributed by atoms with Gasteiger partial charge in [-0.3, -0.25) is 9.79 Å². The van der Waals surface area contributed by atoms with Crippen LogP contribution < -0.4 is 16.0 Å². The van der Waals surface area contributed by atoms with E-state index in [1.165, 1.54) is 0 Å². The molecule has 2 heterocycles. The Bertz CT molecular complexity index is 760. The summed E-state index contributed by atoms with van der Waals surface area (Å²) in [5.41, 5.74) is 1.78. The molecular formula is C18H27IN6O2. The number of guanidine groups is 1. The summed E-state index contributed by atoms with van der Waals surface area (Å²) in [6.45, 7) is 6.93. The van der Waals surface area contributed by atoms with Gasteiger partial charge in [0.2, 0.25) is 5.91 Å². The van der Waals surface area contributed by atoms with E-state index >= 15 is 0 Å². The number of carbonyl (C=O) groups is 1. The first-order valence-electron chi connectivity index (χ1n) is 8.61. The molecule has 2 rings (SSSR count). The minimum Gasteiger partial charge on any atom is -0.359 e. The summed E-state index contributed by atoms with van der Waals surface area (Å²) in [5, 5.41) is 13.0. The van der Waals surface area contributed by atoms with Crippen LogP contribution in [0.4, 0.5) is 5.82 Å². The Kier molecular flexibility index (Phi) is 9.76. The molecule has 0 bridgehead atoms. The van der Waals surface area contributed by atoms with Crippen molar-refractivity contribution in [2.75, 3.05) is 18.9 Å². The molecule has 0 fully saturated rings. The maximum absolute atomic E-state index is 12.0. The molecule has 2 aromatic rings. The molecule has 0 spiro atoms. The van der Waals surface area contributed by atoms with Crippen LogP contribution in [0.5, 0.6) is 0 Å². The maximum atomic E-state index is 12.0. The van der Waals surface area contributed by atoms with Gasteiger partial charge < -0.3 is 20.5 Å². The Morgan fingerprint density at radius 2 is 2.07 bits per heavy atom. The quantitative estimate of drug-likeness (QED) is 0.316. The zero-order valence-corrected chi connectivity index (χ0v) is 18.4. The van der Waals surface area contributed by atoms with Gasteiger partial charge >= 0.3 is 0 Å². The van der Waals surface area contributed by atoms with Gasteiger partial charge in [-0.05, 0) is 25.0 Å². The number of nitrogens with zero attached hydrogens (tertiary/aromatic N) is 3. The molecule has 0 aliphatic carbocycles. The molecule has 0 aliphatic rings. The largest absolute Gasteiger partial charge is 0.359 e. The molecule has 0 atom stereocenters. The molecule has 0 aliphatic heterocycles. The second-order valence-corrected chi connectivity index (χ2v) is 6.19. The van der Waals surface area contributed by atoms with Crippen molar-refractivity contribution in [2.45, 2.75) is 39.7 Å². The number of rotatable bonds is 7. The van der Waals surface area contributed by atoms with Crippen molar-refractivity contribution < 1.29 is 9.32 Å². The van der Waals surface area contributed by atoms with E-state index in [-0.39, 0.29) is 29.9 Å². The van der Waals surface area contributed by atoms with Crippen LogP contribution in [-0.2, 0) is 11.3 Å². The van der Waals surface area contributed by atoms with Crippen LogP contribution in [0.3, 0.4) is 0 Å². The Hall–Kier alpha value is -2.17. The molecule has 27 heavy (non-hydrogen) atoms. The fourth-order valence-corrected chi connectivity index (χ4v) is 2.19. The van der Waals surface area contributed by atoms with E-state index in [1.54, 1.807) is 13.1 Å². The zero-order valence-electron chi connectivity index (χ0n) is 16.1. The second kappa shape index (κ2) is 11.5. The first-order chi connectivity index (χ1) is 12.5. The third-order valence-electron chi connectivity index (χ3n) is 3.62. The third-order valence-corrected chi connectivity index (χ3v) is 3.62. The number of hydrogen-bond donors (Lipinski definition) is 3. The standard InChI is InChI=1S/C18H26N6O2.HI/c1-12(2)15-10-14(26-24-15)11-21-18(19-4)20-9-8-17(25)23-16-7-5-6-13(3)22-16;/h5-7,10,12H,8-9,11H2,1-4H3,(H2,19,20,21)(H,22,23,25);1H. The smallest absolute Gasteiger partial charge is 0.227 e. The summed E-state index contributed by atoms with van der Waals surface area (Å²) in [6.07, 6.45) is 0.302. The van der Waals surface area contributed by atoms with Gasteiger partial charge in [0.05, 0.1) is 12.2 Å². The van der Waals surface area contributed by atoms with Gasteiger partial charge in [0.15, 0.2) is 11.7 Å². The minimum absolute atomic E-state index is 0. The molecule has 0 saturated heterocycles. The van der Waals surface area contributed by atoms with Crippen LogP contribution in [0, 0.1) is 6.92 Å². The van der Waals surface area contributed by atoms with Crippen LogP contribution in [0.15, 0.2) is 33.8 Å². The molecule has 8 nitrogen and oxygen atoms in total. The second-order valence-electron chi connectivity index (χ2n) is 6.19. The fraction of sp³-hybridized carbons (Fsp3) is 0.444. The van der Waals surface area contributed by atoms with Gasteiger partial charge in [0.1, 0.15) is 5.82 Å². The predicted molar refractivity (Wildman–Crippen MR) is 116 cm³/mol. The number of aryl methyl sites for hydroxylation is 1. The molecule has 0 unspecified atom stereocenters. The molecule has 0 saturated carbocycles. The number of carbonyl (C=O) groups excluding carboxylic acids is 1. The normalized spacial score (nSPS) is 11.1. The zero-order chi connectivity index (χ0) is 18.9. The lowest BCUT2D eigenvalue weighted by molar-refractivity contribution is -0.116. The highest BCUT2D eigenvalue weighted by Crippen LogP contribution is 2.13. The maximum Gasteiger partial charge on any atom is 0.227 e. The van der Waals surface area contributed by atoms with E-state index in [4.69, 9.17) is 4.52 Å². The Labute approximate surface area is 176 Å². The number of halogens is 1. The van der Waals surface area contributed by atoms with E-state index < -0.39 is 0 Å². The summed E-state index contributed by atoms with van der Waals surface area (Å²) in [5.74, 6) is 2.10.